The van der Waals surface area contributed by atoms with Crippen LogP contribution in [0.15, 0.2) is 18.2 Å². The lowest BCUT2D eigenvalue weighted by molar-refractivity contribution is -0.117. The number of hydrogen-bond acceptors (Lipinski definition) is 3. The number of hydrogen-bond donors (Lipinski definition) is 1. The van der Waals surface area contributed by atoms with Crippen molar-refractivity contribution in [3.8, 4) is 0 Å². The third-order valence-corrected chi connectivity index (χ3v) is 4.65. The zero-order chi connectivity index (χ0) is 15.1. The molecule has 1 aliphatic rings. The van der Waals surface area contributed by atoms with Crippen molar-refractivity contribution in [2.75, 3.05) is 23.7 Å². The van der Waals surface area contributed by atoms with E-state index in [1.807, 2.05) is 13.8 Å². The van der Waals surface area contributed by atoms with Gasteiger partial charge in [-0.3, -0.25) is 9.52 Å². The second-order valence-corrected chi connectivity index (χ2v) is 7.15. The van der Waals surface area contributed by atoms with E-state index in [1.165, 1.54) is 14.1 Å². The first-order valence-electron chi connectivity index (χ1n) is 6.37. The van der Waals surface area contributed by atoms with Gasteiger partial charge in [-0.2, -0.15) is 12.7 Å². The largest absolute Gasteiger partial charge is 0.309 e. The number of nitrogens with zero attached hydrogens (tertiary/aromatic N) is 2. The fraction of sp³-hybridized carbons (Fsp3) is 0.462. The first kappa shape index (κ1) is 14.8. The van der Waals surface area contributed by atoms with Crippen LogP contribution in [0.2, 0.25) is 0 Å². The minimum absolute atomic E-state index is 0.0441. The van der Waals surface area contributed by atoms with Gasteiger partial charge in [-0.1, -0.05) is 0 Å². The van der Waals surface area contributed by atoms with Crippen molar-refractivity contribution in [3.63, 3.8) is 0 Å². The monoisotopic (exact) mass is 297 g/mol. The summed E-state index contributed by atoms with van der Waals surface area (Å²) in [7, 11) is -0.611. The summed E-state index contributed by atoms with van der Waals surface area (Å²) >= 11 is 0. The van der Waals surface area contributed by atoms with E-state index in [4.69, 9.17) is 0 Å². The number of benzene rings is 1. The van der Waals surface area contributed by atoms with E-state index in [0.29, 0.717) is 12.1 Å². The summed E-state index contributed by atoms with van der Waals surface area (Å²) < 4.78 is 27.1. The number of fused-ring (bicyclic) bond motifs is 1. The average molecular weight is 297 g/mol. The van der Waals surface area contributed by atoms with E-state index >= 15 is 0 Å². The van der Waals surface area contributed by atoms with Crippen LogP contribution in [0.1, 0.15) is 19.4 Å². The maximum absolute atomic E-state index is 12.0. The lowest BCUT2D eigenvalue weighted by atomic mass is 10.1. The Morgan fingerprint density at radius 2 is 1.95 bits per heavy atom. The summed E-state index contributed by atoms with van der Waals surface area (Å²) in [4.78, 5) is 13.7. The maximum Gasteiger partial charge on any atom is 0.301 e. The Bertz CT molecular complexity index is 638. The fourth-order valence-corrected chi connectivity index (χ4v) is 2.82. The van der Waals surface area contributed by atoms with Crippen molar-refractivity contribution in [1.29, 1.82) is 0 Å². The number of rotatable bonds is 4. The van der Waals surface area contributed by atoms with Crippen molar-refractivity contribution >= 4 is 27.5 Å². The van der Waals surface area contributed by atoms with E-state index in [0.717, 1.165) is 15.6 Å². The zero-order valence-electron chi connectivity index (χ0n) is 12.0. The van der Waals surface area contributed by atoms with Gasteiger partial charge in [0.25, 0.3) is 0 Å². The maximum atomic E-state index is 12.0. The van der Waals surface area contributed by atoms with Crippen LogP contribution in [0.25, 0.3) is 0 Å². The highest BCUT2D eigenvalue weighted by Crippen LogP contribution is 2.32. The molecular weight excluding hydrogens is 278 g/mol. The second kappa shape index (κ2) is 5.06. The van der Waals surface area contributed by atoms with E-state index in [-0.39, 0.29) is 11.9 Å². The standard InChI is InChI=1S/C13H19N3O3S/c1-9(2)16-12-6-5-11(7-10(12)8-13(16)17)14-20(18,19)15(3)4/h5-7,9,14H,8H2,1-4H3. The van der Waals surface area contributed by atoms with Gasteiger partial charge in [-0.05, 0) is 37.6 Å². The molecule has 6 nitrogen and oxygen atoms in total. The van der Waals surface area contributed by atoms with Gasteiger partial charge in [0.1, 0.15) is 0 Å². The molecule has 1 N–H and O–H groups in total. The molecule has 0 saturated heterocycles. The molecular formula is C13H19N3O3S. The van der Waals surface area contributed by atoms with Crippen LogP contribution in [0, 0.1) is 0 Å². The lowest BCUT2D eigenvalue weighted by Gasteiger charge is -2.22. The predicted octanol–water partition coefficient (Wildman–Crippen LogP) is 1.20. The normalized spacial score (nSPS) is 15.1. The Labute approximate surface area is 119 Å². The van der Waals surface area contributed by atoms with Crippen molar-refractivity contribution in [2.24, 2.45) is 0 Å². The number of amides is 1. The number of anilines is 2. The van der Waals surface area contributed by atoms with Crippen molar-refractivity contribution in [1.82, 2.24) is 4.31 Å². The Hall–Kier alpha value is -1.60. The zero-order valence-corrected chi connectivity index (χ0v) is 12.9. The highest BCUT2D eigenvalue weighted by molar-refractivity contribution is 7.90. The third kappa shape index (κ3) is 2.64. The number of nitrogens with one attached hydrogen (secondary N) is 1. The van der Waals surface area contributed by atoms with Gasteiger partial charge in [0.15, 0.2) is 0 Å². The molecule has 0 bridgehead atoms. The van der Waals surface area contributed by atoms with Gasteiger partial charge >= 0.3 is 10.2 Å². The predicted molar refractivity (Wildman–Crippen MR) is 79.0 cm³/mol. The van der Waals surface area contributed by atoms with E-state index in [2.05, 4.69) is 4.72 Å². The highest BCUT2D eigenvalue weighted by atomic mass is 32.2. The molecule has 1 aromatic rings. The molecule has 0 saturated carbocycles. The molecule has 1 aliphatic heterocycles. The van der Waals surface area contributed by atoms with Crippen LogP contribution < -0.4 is 9.62 Å². The molecule has 1 heterocycles. The summed E-state index contributed by atoms with van der Waals surface area (Å²) in [6, 6.07) is 5.27. The second-order valence-electron chi connectivity index (χ2n) is 5.27. The van der Waals surface area contributed by atoms with Gasteiger partial charge in [0.2, 0.25) is 5.91 Å². The molecule has 20 heavy (non-hydrogen) atoms. The molecule has 0 unspecified atom stereocenters. The Morgan fingerprint density at radius 3 is 2.50 bits per heavy atom. The van der Waals surface area contributed by atoms with Crippen LogP contribution in [-0.2, 0) is 21.4 Å². The number of carbonyl (C=O) groups is 1. The van der Waals surface area contributed by atoms with Gasteiger partial charge in [0.05, 0.1) is 12.1 Å². The van der Waals surface area contributed by atoms with Gasteiger partial charge in [0, 0.05) is 25.8 Å². The summed E-state index contributed by atoms with van der Waals surface area (Å²) in [6.07, 6.45) is 0.311. The molecule has 0 spiro atoms. The Balaban J connectivity index is 2.32. The minimum Gasteiger partial charge on any atom is -0.309 e. The van der Waals surface area contributed by atoms with E-state index in [9.17, 15) is 13.2 Å². The first-order chi connectivity index (χ1) is 9.22. The molecule has 1 aromatic carbocycles. The molecule has 0 aliphatic carbocycles. The quantitative estimate of drug-likeness (QED) is 0.908. The van der Waals surface area contributed by atoms with Gasteiger partial charge in [-0.15, -0.1) is 0 Å². The summed E-state index contributed by atoms with van der Waals surface area (Å²) in [5.41, 5.74) is 2.18. The summed E-state index contributed by atoms with van der Waals surface area (Å²) in [5, 5.41) is 0. The van der Waals surface area contributed by atoms with Crippen molar-refractivity contribution in [2.45, 2.75) is 26.3 Å². The molecule has 7 heteroatoms. The van der Waals surface area contributed by atoms with Crippen LogP contribution in [0.3, 0.4) is 0 Å². The van der Waals surface area contributed by atoms with Crippen LogP contribution in [0.5, 0.6) is 0 Å². The van der Waals surface area contributed by atoms with Crippen LogP contribution in [0.4, 0.5) is 11.4 Å². The smallest absolute Gasteiger partial charge is 0.301 e. The molecule has 2 rings (SSSR count). The topological polar surface area (TPSA) is 69.7 Å². The summed E-state index contributed by atoms with van der Waals surface area (Å²) in [6.45, 7) is 3.91. The van der Waals surface area contributed by atoms with E-state index < -0.39 is 10.2 Å². The fourth-order valence-electron chi connectivity index (χ4n) is 2.21. The van der Waals surface area contributed by atoms with E-state index in [1.54, 1.807) is 23.1 Å². The Morgan fingerprint density at radius 1 is 1.30 bits per heavy atom. The summed E-state index contributed by atoms with van der Waals surface area (Å²) in [5.74, 6) is 0.0441. The SMILES string of the molecule is CC(C)N1C(=O)Cc2cc(NS(=O)(=O)N(C)C)ccc21. The van der Waals surface area contributed by atoms with Crippen molar-refractivity contribution in [3.05, 3.63) is 23.8 Å². The molecule has 1 amide bonds. The molecule has 0 fully saturated rings. The number of carbonyl (C=O) groups excluding carboxylic acids is 1. The molecule has 110 valence electrons. The molecule has 0 aromatic heterocycles. The van der Waals surface area contributed by atoms with Crippen molar-refractivity contribution < 1.29 is 13.2 Å². The average Bonchev–Trinajstić information content (AvgIpc) is 2.63. The highest BCUT2D eigenvalue weighted by Gasteiger charge is 2.29. The van der Waals surface area contributed by atoms with Crippen LogP contribution in [-0.4, -0.2) is 38.8 Å². The molecule has 0 radical (unpaired) electrons. The Kier molecular flexibility index (Phi) is 3.75. The van der Waals surface area contributed by atoms with Gasteiger partial charge < -0.3 is 4.90 Å². The third-order valence-electron chi connectivity index (χ3n) is 3.19. The minimum atomic E-state index is -3.53. The lowest BCUT2D eigenvalue weighted by Crippen LogP contribution is -2.33. The van der Waals surface area contributed by atoms with Crippen LogP contribution >= 0.6 is 0 Å². The first-order valence-corrected chi connectivity index (χ1v) is 7.81. The molecule has 0 atom stereocenters. The van der Waals surface area contributed by atoms with Gasteiger partial charge in [-0.25, -0.2) is 0 Å².